The summed E-state index contributed by atoms with van der Waals surface area (Å²) in [6, 6.07) is 3.64. The fraction of sp³-hybridized carbons (Fsp3) is 0.524. The first-order valence-corrected chi connectivity index (χ1v) is 10.2. The summed E-state index contributed by atoms with van der Waals surface area (Å²) < 4.78 is 0. The van der Waals surface area contributed by atoms with Gasteiger partial charge in [-0.25, -0.2) is 4.79 Å². The van der Waals surface area contributed by atoms with Crippen LogP contribution in [0.3, 0.4) is 0 Å². The van der Waals surface area contributed by atoms with Crippen LogP contribution in [-0.2, 0) is 25.6 Å². The second-order valence-corrected chi connectivity index (χ2v) is 7.83. The normalized spacial score (nSPS) is 15.7. The Hall–Kier alpha value is -3.02. The van der Waals surface area contributed by atoms with Crippen LogP contribution in [0.25, 0.3) is 0 Å². The Labute approximate surface area is 186 Å². The molecule has 32 heavy (non-hydrogen) atoms. The maximum Gasteiger partial charge on any atom is 0.326 e. The number of rotatable bonds is 12. The second-order valence-electron chi connectivity index (χ2n) is 7.83. The third kappa shape index (κ3) is 8.25. The Bertz CT molecular complexity index is 786. The van der Waals surface area contributed by atoms with Crippen molar-refractivity contribution >= 4 is 23.7 Å². The van der Waals surface area contributed by atoms with Crippen LogP contribution in [0.5, 0.6) is 0 Å². The molecule has 3 amide bonds. The van der Waals surface area contributed by atoms with Crippen molar-refractivity contribution in [1.82, 2.24) is 16.0 Å². The lowest BCUT2D eigenvalue weighted by atomic mass is 10.0. The van der Waals surface area contributed by atoms with Crippen molar-refractivity contribution in [3.63, 3.8) is 0 Å². The zero-order valence-electron chi connectivity index (χ0n) is 18.3. The summed E-state index contributed by atoms with van der Waals surface area (Å²) >= 11 is 0. The number of carboxylic acid groups (broad SMARTS) is 1. The molecule has 0 radical (unpaired) electrons. The molecule has 8 N–H and O–H groups in total. The van der Waals surface area contributed by atoms with E-state index in [2.05, 4.69) is 16.0 Å². The number of aliphatic hydroxyl groups excluding tert-OH is 2. The first-order valence-electron chi connectivity index (χ1n) is 10.2. The van der Waals surface area contributed by atoms with Gasteiger partial charge in [0.2, 0.25) is 17.7 Å². The van der Waals surface area contributed by atoms with Gasteiger partial charge in [-0.1, -0.05) is 44.2 Å². The summed E-state index contributed by atoms with van der Waals surface area (Å²) in [6.45, 7) is 3.74. The fourth-order valence-corrected chi connectivity index (χ4v) is 2.78. The zero-order chi connectivity index (χ0) is 24.4. The molecule has 0 bridgehead atoms. The maximum absolute atomic E-state index is 12.9. The average Bonchev–Trinajstić information content (AvgIpc) is 2.74. The van der Waals surface area contributed by atoms with Gasteiger partial charge in [0.15, 0.2) is 0 Å². The maximum atomic E-state index is 12.9. The van der Waals surface area contributed by atoms with Crippen LogP contribution in [0.15, 0.2) is 30.3 Å². The third-order valence-electron chi connectivity index (χ3n) is 4.78. The van der Waals surface area contributed by atoms with E-state index in [0.29, 0.717) is 5.56 Å². The molecule has 0 saturated carbocycles. The molecule has 5 atom stereocenters. The summed E-state index contributed by atoms with van der Waals surface area (Å²) in [4.78, 5) is 48.9. The molecule has 0 aliphatic rings. The molecule has 0 fully saturated rings. The summed E-state index contributed by atoms with van der Waals surface area (Å²) in [5.74, 6) is -4.12. The molecule has 0 heterocycles. The van der Waals surface area contributed by atoms with Crippen molar-refractivity contribution < 1.29 is 34.5 Å². The van der Waals surface area contributed by atoms with Crippen LogP contribution in [0.4, 0.5) is 0 Å². The summed E-state index contributed by atoms with van der Waals surface area (Å²) in [5.41, 5.74) is 6.34. The number of amides is 3. The number of nitrogens with one attached hydrogen (secondary N) is 3. The molecule has 1 aromatic carbocycles. The van der Waals surface area contributed by atoms with Crippen LogP contribution in [0.1, 0.15) is 26.3 Å². The van der Waals surface area contributed by atoms with E-state index in [-0.39, 0.29) is 6.42 Å². The first-order chi connectivity index (χ1) is 15.0. The number of hydrogen-bond acceptors (Lipinski definition) is 7. The molecule has 5 unspecified atom stereocenters. The smallest absolute Gasteiger partial charge is 0.326 e. The zero-order valence-corrected chi connectivity index (χ0v) is 18.3. The van der Waals surface area contributed by atoms with E-state index in [1.165, 1.54) is 6.92 Å². The SMILES string of the molecule is CC(C)C(NC(=O)C(CO)NC(=O)C(Cc1ccccc1)NC(=O)C(N)C(C)O)C(=O)O. The van der Waals surface area contributed by atoms with E-state index in [0.717, 1.165) is 0 Å². The average molecular weight is 453 g/mol. The number of hydrogen-bond donors (Lipinski definition) is 7. The molecule has 0 spiro atoms. The number of carbonyl (C=O) groups excluding carboxylic acids is 3. The molecule has 11 heteroatoms. The van der Waals surface area contributed by atoms with Crippen molar-refractivity contribution in [2.24, 2.45) is 11.7 Å². The molecule has 11 nitrogen and oxygen atoms in total. The fourth-order valence-electron chi connectivity index (χ4n) is 2.78. The lowest BCUT2D eigenvalue weighted by Crippen LogP contribution is -2.59. The number of nitrogens with two attached hydrogens (primary N) is 1. The molecule has 1 rings (SSSR count). The molecular formula is C21H32N4O7. The Balaban J connectivity index is 2.99. The third-order valence-corrected chi connectivity index (χ3v) is 4.78. The van der Waals surface area contributed by atoms with Crippen molar-refractivity contribution in [2.45, 2.75) is 57.5 Å². The van der Waals surface area contributed by atoms with E-state index in [4.69, 9.17) is 5.73 Å². The van der Waals surface area contributed by atoms with Crippen molar-refractivity contribution in [3.8, 4) is 0 Å². The van der Waals surface area contributed by atoms with Gasteiger partial charge in [0, 0.05) is 6.42 Å². The number of carbonyl (C=O) groups is 4. The molecule has 0 saturated heterocycles. The standard InChI is InChI=1S/C21H32N4O7/c1-11(2)17(21(31)32)25-19(29)15(10-26)24-18(28)14(9-13-7-5-4-6-8-13)23-20(30)16(22)12(3)27/h4-8,11-12,14-17,26-27H,9-10,22H2,1-3H3,(H,23,30)(H,24,28)(H,25,29)(H,31,32). The van der Waals surface area contributed by atoms with E-state index in [1.807, 2.05) is 0 Å². The monoisotopic (exact) mass is 452 g/mol. The van der Waals surface area contributed by atoms with Gasteiger partial charge in [-0.3, -0.25) is 14.4 Å². The van der Waals surface area contributed by atoms with Gasteiger partial charge < -0.3 is 37.0 Å². The summed E-state index contributed by atoms with van der Waals surface area (Å²) in [5, 5.41) is 35.4. The molecule has 0 aliphatic heterocycles. The molecule has 0 aromatic heterocycles. The first kappa shape index (κ1) is 27.0. The van der Waals surface area contributed by atoms with Crippen molar-refractivity contribution in [1.29, 1.82) is 0 Å². The molecular weight excluding hydrogens is 420 g/mol. The van der Waals surface area contributed by atoms with Gasteiger partial charge in [-0.05, 0) is 18.4 Å². The van der Waals surface area contributed by atoms with Gasteiger partial charge in [0.1, 0.15) is 24.2 Å². The highest BCUT2D eigenvalue weighted by Crippen LogP contribution is 2.06. The predicted molar refractivity (Wildman–Crippen MR) is 115 cm³/mol. The van der Waals surface area contributed by atoms with Gasteiger partial charge in [-0.15, -0.1) is 0 Å². The van der Waals surface area contributed by atoms with Gasteiger partial charge in [-0.2, -0.15) is 0 Å². The lowest BCUT2D eigenvalue weighted by molar-refractivity contribution is -0.143. The summed E-state index contributed by atoms with van der Waals surface area (Å²) in [6.07, 6.45) is -1.11. The highest BCUT2D eigenvalue weighted by atomic mass is 16.4. The van der Waals surface area contributed by atoms with Gasteiger partial charge in [0.25, 0.3) is 0 Å². The van der Waals surface area contributed by atoms with Crippen molar-refractivity contribution in [3.05, 3.63) is 35.9 Å². The topological polar surface area (TPSA) is 191 Å². The van der Waals surface area contributed by atoms with Gasteiger partial charge in [0.05, 0.1) is 12.7 Å². The minimum Gasteiger partial charge on any atom is -0.480 e. The van der Waals surface area contributed by atoms with Crippen LogP contribution >= 0.6 is 0 Å². The van der Waals surface area contributed by atoms with Gasteiger partial charge >= 0.3 is 5.97 Å². The second kappa shape index (κ2) is 12.7. The number of carboxylic acids is 1. The number of aliphatic carboxylic acids is 1. The van der Waals surface area contributed by atoms with Crippen molar-refractivity contribution in [2.75, 3.05) is 6.61 Å². The van der Waals surface area contributed by atoms with E-state index in [9.17, 15) is 34.5 Å². The van der Waals surface area contributed by atoms with Crippen LogP contribution in [-0.4, -0.2) is 75.9 Å². The largest absolute Gasteiger partial charge is 0.480 e. The quantitative estimate of drug-likeness (QED) is 0.192. The van der Waals surface area contributed by atoms with Crippen LogP contribution in [0, 0.1) is 5.92 Å². The molecule has 178 valence electrons. The highest BCUT2D eigenvalue weighted by Gasteiger charge is 2.31. The minimum absolute atomic E-state index is 0.0501. The Morgan fingerprint density at radius 2 is 1.44 bits per heavy atom. The molecule has 1 aromatic rings. The predicted octanol–water partition coefficient (Wildman–Crippen LogP) is -1.88. The van der Waals surface area contributed by atoms with Crippen LogP contribution < -0.4 is 21.7 Å². The Morgan fingerprint density at radius 3 is 1.91 bits per heavy atom. The van der Waals surface area contributed by atoms with E-state index in [1.54, 1.807) is 44.2 Å². The highest BCUT2D eigenvalue weighted by molar-refractivity contribution is 5.94. The van der Waals surface area contributed by atoms with Crippen LogP contribution in [0.2, 0.25) is 0 Å². The number of benzene rings is 1. The number of aliphatic hydroxyl groups is 2. The van der Waals surface area contributed by atoms with E-state index < -0.39 is 66.5 Å². The Morgan fingerprint density at radius 1 is 0.906 bits per heavy atom. The Kier molecular flexibility index (Phi) is 10.8. The van der Waals surface area contributed by atoms with E-state index >= 15 is 0 Å². The lowest BCUT2D eigenvalue weighted by Gasteiger charge is -2.25. The summed E-state index contributed by atoms with van der Waals surface area (Å²) in [7, 11) is 0. The minimum atomic E-state index is -1.44. The molecule has 0 aliphatic carbocycles.